The van der Waals surface area contributed by atoms with Crippen LogP contribution in [0, 0.1) is 11.8 Å². The molecule has 2 N–H and O–H groups in total. The molecule has 3 unspecified atom stereocenters. The molecule has 1 aromatic heterocycles. The number of guanidine groups is 1. The van der Waals surface area contributed by atoms with Gasteiger partial charge in [0.2, 0.25) is 0 Å². The molecule has 152 valence electrons. The molecule has 0 radical (unpaired) electrons. The van der Waals surface area contributed by atoms with Crippen LogP contribution in [0.5, 0.6) is 0 Å². The van der Waals surface area contributed by atoms with Crippen LogP contribution in [0.4, 0.5) is 0 Å². The quantitative estimate of drug-likeness (QED) is 0.578. The summed E-state index contributed by atoms with van der Waals surface area (Å²) in [6, 6.07) is 5.00. The molecule has 0 amide bonds. The number of rotatable bonds is 6. The maximum atomic E-state index is 4.47. The minimum Gasteiger partial charge on any atom is -0.356 e. The van der Waals surface area contributed by atoms with Gasteiger partial charge in [-0.05, 0) is 75.6 Å². The fourth-order valence-corrected chi connectivity index (χ4v) is 5.66. The molecule has 6 heteroatoms. The van der Waals surface area contributed by atoms with E-state index in [1.807, 2.05) is 18.4 Å². The Balaban J connectivity index is 1.49. The summed E-state index contributed by atoms with van der Waals surface area (Å²) in [6.45, 7) is 9.12. The van der Waals surface area contributed by atoms with E-state index in [4.69, 9.17) is 0 Å². The fraction of sp³-hybridized carbons (Fsp3) is 0.762. The third kappa shape index (κ3) is 5.69. The average Bonchev–Trinajstić information content (AvgIpc) is 3.22. The standard InChI is InChI=1S/C21H37N5S/c1-4-26-12-5-8-17(16-26)14-23-21(22-2)24-15-18-9-6-11-25(3)20(18)19-10-7-13-27-19/h7,10,13,17-18,20H,4-6,8-9,11-12,14-16H2,1-3H3,(H2,22,23,24). The minimum absolute atomic E-state index is 0.529. The first kappa shape index (κ1) is 20.6. The van der Waals surface area contributed by atoms with Crippen LogP contribution in [0.1, 0.15) is 43.5 Å². The van der Waals surface area contributed by atoms with E-state index in [9.17, 15) is 0 Å². The molecule has 0 spiro atoms. The predicted octanol–water partition coefficient (Wildman–Crippen LogP) is 3.03. The third-order valence-electron chi connectivity index (χ3n) is 6.21. The fourth-order valence-electron chi connectivity index (χ4n) is 4.68. The van der Waals surface area contributed by atoms with Gasteiger partial charge >= 0.3 is 0 Å². The Kier molecular flexibility index (Phi) is 7.97. The van der Waals surface area contributed by atoms with Gasteiger partial charge in [-0.1, -0.05) is 13.0 Å². The van der Waals surface area contributed by atoms with E-state index in [0.717, 1.165) is 25.0 Å². The van der Waals surface area contributed by atoms with E-state index in [0.29, 0.717) is 12.0 Å². The number of hydrogen-bond donors (Lipinski definition) is 2. The van der Waals surface area contributed by atoms with Gasteiger partial charge in [0, 0.05) is 37.6 Å². The van der Waals surface area contributed by atoms with Crippen LogP contribution < -0.4 is 10.6 Å². The van der Waals surface area contributed by atoms with Gasteiger partial charge in [-0.25, -0.2) is 0 Å². The molecule has 0 bridgehead atoms. The number of likely N-dealkylation sites (tertiary alicyclic amines) is 2. The third-order valence-corrected chi connectivity index (χ3v) is 7.15. The summed E-state index contributed by atoms with van der Waals surface area (Å²) in [5.41, 5.74) is 0. The molecule has 5 nitrogen and oxygen atoms in total. The molecular weight excluding hydrogens is 354 g/mol. The van der Waals surface area contributed by atoms with Crippen LogP contribution in [0.25, 0.3) is 0 Å². The number of hydrogen-bond acceptors (Lipinski definition) is 4. The molecule has 2 fully saturated rings. The molecule has 2 aliphatic rings. The molecule has 2 aliphatic heterocycles. The summed E-state index contributed by atoms with van der Waals surface area (Å²) in [7, 11) is 4.16. The first-order valence-corrected chi connectivity index (χ1v) is 11.5. The van der Waals surface area contributed by atoms with Crippen LogP contribution >= 0.6 is 11.3 Å². The van der Waals surface area contributed by atoms with Gasteiger partial charge in [0.25, 0.3) is 0 Å². The molecule has 0 aliphatic carbocycles. The summed E-state index contributed by atoms with van der Waals surface area (Å²) in [5, 5.41) is 9.41. The van der Waals surface area contributed by atoms with Gasteiger partial charge in [-0.3, -0.25) is 9.89 Å². The van der Waals surface area contributed by atoms with E-state index in [-0.39, 0.29) is 0 Å². The van der Waals surface area contributed by atoms with E-state index in [1.54, 1.807) is 0 Å². The van der Waals surface area contributed by atoms with Crippen LogP contribution in [-0.4, -0.2) is 69.1 Å². The van der Waals surface area contributed by atoms with Crippen molar-refractivity contribution in [2.24, 2.45) is 16.8 Å². The van der Waals surface area contributed by atoms with Crippen LogP contribution in [-0.2, 0) is 0 Å². The zero-order chi connectivity index (χ0) is 19.1. The Morgan fingerprint density at radius 3 is 2.78 bits per heavy atom. The lowest BCUT2D eigenvalue weighted by Gasteiger charge is -2.39. The average molecular weight is 392 g/mol. The number of nitrogens with zero attached hydrogens (tertiary/aromatic N) is 3. The highest BCUT2D eigenvalue weighted by molar-refractivity contribution is 7.10. The molecule has 1 aromatic rings. The lowest BCUT2D eigenvalue weighted by atomic mass is 9.88. The van der Waals surface area contributed by atoms with Crippen molar-refractivity contribution in [3.63, 3.8) is 0 Å². The first-order valence-electron chi connectivity index (χ1n) is 10.6. The monoisotopic (exact) mass is 391 g/mol. The second-order valence-electron chi connectivity index (χ2n) is 8.08. The van der Waals surface area contributed by atoms with Gasteiger partial charge in [0.15, 0.2) is 5.96 Å². The summed E-state index contributed by atoms with van der Waals surface area (Å²) in [6.07, 6.45) is 5.22. The molecule has 0 aromatic carbocycles. The molecule has 2 saturated heterocycles. The van der Waals surface area contributed by atoms with Crippen molar-refractivity contribution in [3.05, 3.63) is 22.4 Å². The molecular formula is C21H37N5S. The normalized spacial score (nSPS) is 28.3. The van der Waals surface area contributed by atoms with Crippen molar-refractivity contribution < 1.29 is 0 Å². The van der Waals surface area contributed by atoms with Gasteiger partial charge < -0.3 is 15.5 Å². The highest BCUT2D eigenvalue weighted by atomic mass is 32.1. The van der Waals surface area contributed by atoms with Crippen molar-refractivity contribution >= 4 is 17.3 Å². The van der Waals surface area contributed by atoms with E-state index in [1.165, 1.54) is 56.7 Å². The summed E-state index contributed by atoms with van der Waals surface area (Å²) < 4.78 is 0. The van der Waals surface area contributed by atoms with Crippen molar-refractivity contribution in [3.8, 4) is 0 Å². The lowest BCUT2D eigenvalue weighted by molar-refractivity contribution is 0.125. The molecule has 3 heterocycles. The van der Waals surface area contributed by atoms with Gasteiger partial charge in [0.05, 0.1) is 0 Å². The second kappa shape index (κ2) is 10.4. The van der Waals surface area contributed by atoms with Gasteiger partial charge in [0.1, 0.15) is 0 Å². The SMILES string of the molecule is CCN1CCCC(CNC(=NC)NCC2CCCN(C)C2c2cccs2)C1. The topological polar surface area (TPSA) is 42.9 Å². The van der Waals surface area contributed by atoms with Crippen LogP contribution in [0.3, 0.4) is 0 Å². The van der Waals surface area contributed by atoms with Gasteiger partial charge in [-0.15, -0.1) is 11.3 Å². The number of aliphatic imine (C=N–C) groups is 1. The van der Waals surface area contributed by atoms with E-state index < -0.39 is 0 Å². The highest BCUT2D eigenvalue weighted by Gasteiger charge is 2.31. The Labute approximate surface area is 169 Å². The maximum absolute atomic E-state index is 4.47. The number of piperidine rings is 2. The Hall–Kier alpha value is -1.11. The van der Waals surface area contributed by atoms with Crippen molar-refractivity contribution in [1.82, 2.24) is 20.4 Å². The molecule has 27 heavy (non-hydrogen) atoms. The van der Waals surface area contributed by atoms with Crippen LogP contribution in [0.15, 0.2) is 22.5 Å². The Bertz CT molecular complexity index is 573. The van der Waals surface area contributed by atoms with E-state index in [2.05, 4.69) is 56.9 Å². The summed E-state index contributed by atoms with van der Waals surface area (Å²) in [4.78, 5) is 11.1. The smallest absolute Gasteiger partial charge is 0.190 e. The number of thiophene rings is 1. The Morgan fingerprint density at radius 2 is 2.04 bits per heavy atom. The van der Waals surface area contributed by atoms with Crippen LogP contribution in [0.2, 0.25) is 0 Å². The van der Waals surface area contributed by atoms with Crippen molar-refractivity contribution in [1.29, 1.82) is 0 Å². The van der Waals surface area contributed by atoms with E-state index >= 15 is 0 Å². The zero-order valence-electron chi connectivity index (χ0n) is 17.3. The zero-order valence-corrected chi connectivity index (χ0v) is 18.1. The van der Waals surface area contributed by atoms with Gasteiger partial charge in [-0.2, -0.15) is 0 Å². The second-order valence-corrected chi connectivity index (χ2v) is 9.06. The maximum Gasteiger partial charge on any atom is 0.190 e. The van der Waals surface area contributed by atoms with Crippen molar-refractivity contribution in [2.75, 3.05) is 53.4 Å². The molecule has 3 atom stereocenters. The summed E-state index contributed by atoms with van der Waals surface area (Å²) in [5.74, 6) is 2.32. The summed E-state index contributed by atoms with van der Waals surface area (Å²) >= 11 is 1.89. The molecule has 0 saturated carbocycles. The Morgan fingerprint density at radius 1 is 1.22 bits per heavy atom. The lowest BCUT2D eigenvalue weighted by Crippen LogP contribution is -2.47. The largest absolute Gasteiger partial charge is 0.356 e. The van der Waals surface area contributed by atoms with Crippen molar-refractivity contribution in [2.45, 2.75) is 38.6 Å². The molecule has 3 rings (SSSR count). The predicted molar refractivity (Wildman–Crippen MR) is 117 cm³/mol. The number of nitrogens with one attached hydrogen (secondary N) is 2. The first-order chi connectivity index (χ1) is 13.2. The highest BCUT2D eigenvalue weighted by Crippen LogP contribution is 2.36. The minimum atomic E-state index is 0.529.